The maximum atomic E-state index is 11.9. The van der Waals surface area contributed by atoms with Crippen LogP contribution in [0.5, 0.6) is 5.88 Å². The lowest BCUT2D eigenvalue weighted by Crippen LogP contribution is -2.49. The highest BCUT2D eigenvalue weighted by molar-refractivity contribution is 5.80. The number of hydrogen-bond donors (Lipinski definition) is 2. The quantitative estimate of drug-likeness (QED) is 0.485. The van der Waals surface area contributed by atoms with Gasteiger partial charge in [0.05, 0.1) is 13.2 Å². The van der Waals surface area contributed by atoms with E-state index in [-0.39, 0.29) is 12.1 Å². The number of carbonyl (C=O) groups is 1. The molecule has 1 aromatic heterocycles. The van der Waals surface area contributed by atoms with Gasteiger partial charge in [-0.2, -0.15) is 0 Å². The van der Waals surface area contributed by atoms with Gasteiger partial charge < -0.3 is 25.0 Å². The molecule has 1 fully saturated rings. The lowest BCUT2D eigenvalue weighted by Gasteiger charge is -2.32. The van der Waals surface area contributed by atoms with Crippen LogP contribution in [-0.2, 0) is 17.9 Å². The molecule has 2 heterocycles. The molecule has 0 radical (unpaired) electrons. The highest BCUT2D eigenvalue weighted by Crippen LogP contribution is 2.14. The van der Waals surface area contributed by atoms with E-state index in [1.165, 1.54) is 0 Å². The van der Waals surface area contributed by atoms with Gasteiger partial charge in [0.1, 0.15) is 6.61 Å². The Morgan fingerprint density at radius 2 is 1.94 bits per heavy atom. The molecular weight excluding hydrogens is 406 g/mol. The average Bonchev–Trinajstić information content (AvgIpc) is 2.83. The minimum Gasteiger partial charge on any atom is -0.473 e. The average molecular weight is 440 g/mol. The van der Waals surface area contributed by atoms with Gasteiger partial charge in [-0.15, -0.1) is 0 Å². The normalized spacial score (nSPS) is 14.7. The van der Waals surface area contributed by atoms with Crippen molar-refractivity contribution in [1.82, 2.24) is 20.5 Å². The number of guanidine groups is 1. The number of piperidine rings is 1. The summed E-state index contributed by atoms with van der Waals surface area (Å²) in [6, 6.07) is 14.2. The van der Waals surface area contributed by atoms with E-state index < -0.39 is 0 Å². The Kier molecular flexibility index (Phi) is 9.16. The number of nitrogens with zero attached hydrogens (tertiary/aromatic N) is 3. The summed E-state index contributed by atoms with van der Waals surface area (Å²) in [7, 11) is 0. The molecule has 3 rings (SSSR count). The number of nitrogens with one attached hydrogen (secondary N) is 2. The monoisotopic (exact) mass is 439 g/mol. The molecule has 0 atom stereocenters. The van der Waals surface area contributed by atoms with Crippen LogP contribution in [0.25, 0.3) is 0 Å². The zero-order valence-electron chi connectivity index (χ0n) is 18.9. The lowest BCUT2D eigenvalue weighted by molar-refractivity contribution is 0.0963. The number of pyridine rings is 1. The fraction of sp³-hybridized carbons (Fsp3) is 0.458. The van der Waals surface area contributed by atoms with Crippen LogP contribution < -0.4 is 15.4 Å². The molecule has 1 aliphatic heterocycles. The maximum Gasteiger partial charge on any atom is 0.409 e. The van der Waals surface area contributed by atoms with Crippen molar-refractivity contribution in [1.29, 1.82) is 0 Å². The molecule has 1 aliphatic rings. The zero-order valence-corrected chi connectivity index (χ0v) is 18.9. The summed E-state index contributed by atoms with van der Waals surface area (Å²) in [5.41, 5.74) is 2.13. The summed E-state index contributed by atoms with van der Waals surface area (Å²) in [6.07, 6.45) is 3.23. The van der Waals surface area contributed by atoms with E-state index >= 15 is 0 Å². The van der Waals surface area contributed by atoms with Crippen LogP contribution >= 0.6 is 0 Å². The van der Waals surface area contributed by atoms with Crippen molar-refractivity contribution in [2.24, 2.45) is 4.99 Å². The van der Waals surface area contributed by atoms with Crippen molar-refractivity contribution < 1.29 is 14.3 Å². The highest BCUT2D eigenvalue weighted by Gasteiger charge is 2.24. The molecule has 1 aromatic carbocycles. The van der Waals surface area contributed by atoms with Crippen LogP contribution in [0, 0.1) is 0 Å². The predicted octanol–water partition coefficient (Wildman–Crippen LogP) is 3.34. The largest absolute Gasteiger partial charge is 0.473 e. The molecule has 1 saturated heterocycles. The molecule has 2 N–H and O–H groups in total. The van der Waals surface area contributed by atoms with E-state index in [2.05, 4.69) is 15.6 Å². The number of amides is 1. The highest BCUT2D eigenvalue weighted by atomic mass is 16.6. The lowest BCUT2D eigenvalue weighted by atomic mass is 10.1. The number of ether oxygens (including phenoxy) is 2. The van der Waals surface area contributed by atoms with E-state index in [0.29, 0.717) is 38.7 Å². The van der Waals surface area contributed by atoms with E-state index in [1.54, 1.807) is 11.1 Å². The number of carbonyl (C=O) groups excluding carboxylic acids is 1. The Bertz CT molecular complexity index is 867. The summed E-state index contributed by atoms with van der Waals surface area (Å²) in [6.45, 7) is 7.41. The van der Waals surface area contributed by atoms with E-state index in [0.717, 1.165) is 36.5 Å². The summed E-state index contributed by atoms with van der Waals surface area (Å²) in [4.78, 5) is 22.7. The molecule has 0 saturated carbocycles. The second-order valence-electron chi connectivity index (χ2n) is 7.58. The first-order chi connectivity index (χ1) is 15.7. The van der Waals surface area contributed by atoms with Gasteiger partial charge in [-0.3, -0.25) is 0 Å². The SMILES string of the molecule is CCNC(=NCc1ccnc(OCc2ccccc2)c1)NC1CCN(C(=O)OCC)CC1. The summed E-state index contributed by atoms with van der Waals surface area (Å²) < 4.78 is 10.9. The van der Waals surface area contributed by atoms with Crippen molar-refractivity contribution in [3.63, 3.8) is 0 Å². The summed E-state index contributed by atoms with van der Waals surface area (Å²) in [5, 5.41) is 6.80. The third-order valence-corrected chi connectivity index (χ3v) is 5.15. The molecular formula is C24H33N5O3. The fourth-order valence-electron chi connectivity index (χ4n) is 3.46. The molecule has 2 aromatic rings. The third kappa shape index (κ3) is 7.44. The Labute approximate surface area is 190 Å². The first-order valence-electron chi connectivity index (χ1n) is 11.3. The van der Waals surface area contributed by atoms with Crippen molar-refractivity contribution in [3.05, 3.63) is 59.8 Å². The van der Waals surface area contributed by atoms with Gasteiger partial charge >= 0.3 is 6.09 Å². The van der Waals surface area contributed by atoms with Crippen LogP contribution in [0.3, 0.4) is 0 Å². The van der Waals surface area contributed by atoms with Gasteiger partial charge in [-0.1, -0.05) is 30.3 Å². The van der Waals surface area contributed by atoms with Gasteiger partial charge in [-0.05, 0) is 43.9 Å². The van der Waals surface area contributed by atoms with Crippen LogP contribution in [0.15, 0.2) is 53.7 Å². The second-order valence-corrected chi connectivity index (χ2v) is 7.58. The molecule has 0 bridgehead atoms. The third-order valence-electron chi connectivity index (χ3n) is 5.15. The number of aliphatic imine (C=N–C) groups is 1. The van der Waals surface area contributed by atoms with Crippen molar-refractivity contribution >= 4 is 12.1 Å². The maximum absolute atomic E-state index is 11.9. The number of benzene rings is 1. The standard InChI is InChI=1S/C24H33N5O3/c1-3-25-23(28-21-11-14-29(15-12-21)24(30)31-4-2)27-17-20-10-13-26-22(16-20)32-18-19-8-6-5-7-9-19/h5-10,13,16,21H,3-4,11-12,14-15,17-18H2,1-2H3,(H2,25,27,28). The number of hydrogen-bond acceptors (Lipinski definition) is 5. The van der Waals surface area contributed by atoms with Crippen LogP contribution in [0.2, 0.25) is 0 Å². The Morgan fingerprint density at radius 1 is 1.16 bits per heavy atom. The fourth-order valence-corrected chi connectivity index (χ4v) is 3.46. The van der Waals surface area contributed by atoms with Crippen molar-refractivity contribution in [2.75, 3.05) is 26.2 Å². The number of aromatic nitrogens is 1. The van der Waals surface area contributed by atoms with E-state index in [1.807, 2.05) is 56.3 Å². The summed E-state index contributed by atoms with van der Waals surface area (Å²) in [5.74, 6) is 1.36. The Morgan fingerprint density at radius 3 is 2.66 bits per heavy atom. The van der Waals surface area contributed by atoms with Crippen LogP contribution in [0.4, 0.5) is 4.79 Å². The molecule has 8 nitrogen and oxygen atoms in total. The van der Waals surface area contributed by atoms with Gasteiger partial charge in [0, 0.05) is 37.9 Å². The predicted molar refractivity (Wildman–Crippen MR) is 125 cm³/mol. The number of likely N-dealkylation sites (tertiary alicyclic amines) is 1. The molecule has 172 valence electrons. The van der Waals surface area contributed by atoms with Gasteiger partial charge in [0.2, 0.25) is 5.88 Å². The van der Waals surface area contributed by atoms with Crippen LogP contribution in [0.1, 0.15) is 37.8 Å². The van der Waals surface area contributed by atoms with Gasteiger partial charge in [0.15, 0.2) is 5.96 Å². The smallest absolute Gasteiger partial charge is 0.409 e. The zero-order chi connectivity index (χ0) is 22.6. The van der Waals surface area contributed by atoms with Crippen molar-refractivity contribution in [3.8, 4) is 5.88 Å². The second kappa shape index (κ2) is 12.5. The van der Waals surface area contributed by atoms with E-state index in [4.69, 9.17) is 14.5 Å². The first kappa shape index (κ1) is 23.4. The van der Waals surface area contributed by atoms with Gasteiger partial charge in [-0.25, -0.2) is 14.8 Å². The minimum absolute atomic E-state index is 0.227. The van der Waals surface area contributed by atoms with E-state index in [9.17, 15) is 4.79 Å². The molecule has 32 heavy (non-hydrogen) atoms. The Hall–Kier alpha value is -3.29. The molecule has 1 amide bonds. The number of rotatable bonds is 8. The first-order valence-corrected chi connectivity index (χ1v) is 11.3. The molecule has 0 spiro atoms. The Balaban J connectivity index is 1.52. The van der Waals surface area contributed by atoms with Crippen molar-refractivity contribution in [2.45, 2.75) is 45.9 Å². The molecule has 0 aliphatic carbocycles. The minimum atomic E-state index is -0.227. The molecule has 0 unspecified atom stereocenters. The van der Waals surface area contributed by atoms with Crippen LogP contribution in [-0.4, -0.2) is 54.2 Å². The van der Waals surface area contributed by atoms with Gasteiger partial charge in [0.25, 0.3) is 0 Å². The molecule has 8 heteroatoms. The topological polar surface area (TPSA) is 88.1 Å². The summed E-state index contributed by atoms with van der Waals surface area (Å²) >= 11 is 0.